The molecule has 0 aromatic heterocycles. The topological polar surface area (TPSA) is 21.3 Å². The summed E-state index contributed by atoms with van der Waals surface area (Å²) in [5.74, 6) is 0.271. The Labute approximate surface area is 104 Å². The van der Waals surface area contributed by atoms with Crippen molar-refractivity contribution in [3.63, 3.8) is 0 Å². The van der Waals surface area contributed by atoms with Gasteiger partial charge in [-0.2, -0.15) is 0 Å². The molecule has 0 aliphatic heterocycles. The fourth-order valence-corrected chi connectivity index (χ4v) is 1.72. The summed E-state index contributed by atoms with van der Waals surface area (Å²) in [5.41, 5.74) is 0. The van der Waals surface area contributed by atoms with E-state index in [4.69, 9.17) is 4.74 Å². The molecule has 1 aromatic rings. The van der Waals surface area contributed by atoms with Crippen molar-refractivity contribution in [2.75, 3.05) is 19.7 Å². The zero-order chi connectivity index (χ0) is 11.8. The van der Waals surface area contributed by atoms with E-state index in [9.17, 15) is 4.39 Å². The number of unbranched alkanes of at least 4 members (excludes halogenated alkanes) is 1. The maximum Gasteiger partial charge on any atom is 0.128 e. The van der Waals surface area contributed by atoms with Gasteiger partial charge in [0.1, 0.15) is 18.2 Å². The van der Waals surface area contributed by atoms with Crippen LogP contribution in [0.3, 0.4) is 0 Å². The third-order valence-corrected chi connectivity index (χ3v) is 2.55. The molecule has 16 heavy (non-hydrogen) atoms. The van der Waals surface area contributed by atoms with E-state index < -0.39 is 0 Å². The highest BCUT2D eigenvalue weighted by molar-refractivity contribution is 9.10. The molecule has 1 rings (SSSR count). The molecule has 0 heterocycles. The molecule has 0 saturated carbocycles. The number of benzene rings is 1. The van der Waals surface area contributed by atoms with Crippen LogP contribution < -0.4 is 10.1 Å². The Hall–Kier alpha value is -0.610. The largest absolute Gasteiger partial charge is 0.492 e. The van der Waals surface area contributed by atoms with Crippen molar-refractivity contribution < 1.29 is 9.13 Å². The lowest BCUT2D eigenvalue weighted by atomic mass is 10.3. The van der Waals surface area contributed by atoms with Gasteiger partial charge in [0.15, 0.2) is 0 Å². The average molecular weight is 290 g/mol. The Morgan fingerprint density at radius 3 is 2.81 bits per heavy atom. The monoisotopic (exact) mass is 289 g/mol. The number of rotatable bonds is 7. The van der Waals surface area contributed by atoms with Gasteiger partial charge in [-0.25, -0.2) is 4.39 Å². The first kappa shape index (κ1) is 13.5. The van der Waals surface area contributed by atoms with E-state index in [1.165, 1.54) is 25.0 Å². The number of ether oxygens (including phenoxy) is 1. The molecule has 0 aliphatic rings. The van der Waals surface area contributed by atoms with E-state index in [-0.39, 0.29) is 5.82 Å². The first-order valence-corrected chi connectivity index (χ1v) is 6.31. The summed E-state index contributed by atoms with van der Waals surface area (Å²) in [6.07, 6.45) is 2.36. The molecular weight excluding hydrogens is 273 g/mol. The van der Waals surface area contributed by atoms with Crippen LogP contribution in [0.5, 0.6) is 5.75 Å². The standard InChI is InChI=1S/C12H17BrFNO/c1-2-3-4-15-5-6-16-12-8-10(13)7-11(14)9-12/h7-9,15H,2-6H2,1H3. The Bertz CT molecular complexity index is 300. The van der Waals surface area contributed by atoms with Crippen LogP contribution >= 0.6 is 15.9 Å². The molecule has 0 saturated heterocycles. The molecular formula is C12H17BrFNO. The Morgan fingerprint density at radius 1 is 1.31 bits per heavy atom. The van der Waals surface area contributed by atoms with Gasteiger partial charge in [-0.05, 0) is 25.1 Å². The summed E-state index contributed by atoms with van der Waals surface area (Å²) in [4.78, 5) is 0. The third-order valence-electron chi connectivity index (χ3n) is 2.09. The normalized spacial score (nSPS) is 10.4. The van der Waals surface area contributed by atoms with E-state index in [0.717, 1.165) is 13.1 Å². The van der Waals surface area contributed by atoms with Crippen molar-refractivity contribution in [3.8, 4) is 5.75 Å². The molecule has 0 radical (unpaired) electrons. The molecule has 0 atom stereocenters. The van der Waals surface area contributed by atoms with Gasteiger partial charge in [0, 0.05) is 17.1 Å². The molecule has 0 fully saturated rings. The van der Waals surface area contributed by atoms with Gasteiger partial charge >= 0.3 is 0 Å². The molecule has 0 amide bonds. The summed E-state index contributed by atoms with van der Waals surface area (Å²) in [6, 6.07) is 4.55. The highest BCUT2D eigenvalue weighted by atomic mass is 79.9. The molecule has 0 unspecified atom stereocenters. The number of hydrogen-bond donors (Lipinski definition) is 1. The third kappa shape index (κ3) is 5.47. The maximum absolute atomic E-state index is 13.0. The SMILES string of the molecule is CCCCNCCOc1cc(F)cc(Br)c1. The fourth-order valence-electron chi connectivity index (χ4n) is 1.28. The second kappa shape index (κ2) is 7.63. The summed E-state index contributed by atoms with van der Waals surface area (Å²) in [6.45, 7) is 4.50. The Morgan fingerprint density at radius 2 is 2.12 bits per heavy atom. The second-order valence-corrected chi connectivity index (χ2v) is 4.47. The van der Waals surface area contributed by atoms with Crippen LogP contribution in [0.1, 0.15) is 19.8 Å². The molecule has 4 heteroatoms. The minimum Gasteiger partial charge on any atom is -0.492 e. The van der Waals surface area contributed by atoms with Crippen molar-refractivity contribution in [1.82, 2.24) is 5.32 Å². The van der Waals surface area contributed by atoms with E-state index in [2.05, 4.69) is 28.2 Å². The van der Waals surface area contributed by atoms with Gasteiger partial charge in [0.2, 0.25) is 0 Å². The zero-order valence-electron chi connectivity index (χ0n) is 9.43. The first-order valence-electron chi connectivity index (χ1n) is 5.52. The van der Waals surface area contributed by atoms with Crippen LogP contribution in [0.25, 0.3) is 0 Å². The van der Waals surface area contributed by atoms with Gasteiger partial charge in [-0.15, -0.1) is 0 Å². The Kier molecular flexibility index (Phi) is 6.42. The van der Waals surface area contributed by atoms with Gasteiger partial charge in [-0.1, -0.05) is 29.3 Å². The van der Waals surface area contributed by atoms with Crippen LogP contribution in [0.15, 0.2) is 22.7 Å². The lowest BCUT2D eigenvalue weighted by Crippen LogP contribution is -2.21. The second-order valence-electron chi connectivity index (χ2n) is 3.56. The first-order chi connectivity index (χ1) is 7.72. The van der Waals surface area contributed by atoms with Crippen LogP contribution in [-0.4, -0.2) is 19.7 Å². The smallest absolute Gasteiger partial charge is 0.128 e. The van der Waals surface area contributed by atoms with Gasteiger partial charge in [-0.3, -0.25) is 0 Å². The van der Waals surface area contributed by atoms with Crippen LogP contribution in [-0.2, 0) is 0 Å². The lowest BCUT2D eigenvalue weighted by molar-refractivity contribution is 0.312. The zero-order valence-corrected chi connectivity index (χ0v) is 11.0. The van der Waals surface area contributed by atoms with Crippen molar-refractivity contribution in [2.45, 2.75) is 19.8 Å². The molecule has 1 aromatic carbocycles. The minimum absolute atomic E-state index is 0.289. The Balaban J connectivity index is 2.21. The van der Waals surface area contributed by atoms with Crippen LogP contribution in [0.2, 0.25) is 0 Å². The number of hydrogen-bond acceptors (Lipinski definition) is 2. The van der Waals surface area contributed by atoms with Crippen LogP contribution in [0.4, 0.5) is 4.39 Å². The van der Waals surface area contributed by atoms with Crippen LogP contribution in [0, 0.1) is 5.82 Å². The summed E-state index contributed by atoms with van der Waals surface area (Å²) in [5, 5.41) is 3.26. The van der Waals surface area contributed by atoms with E-state index in [1.54, 1.807) is 6.07 Å². The predicted octanol–water partition coefficient (Wildman–Crippen LogP) is 3.36. The molecule has 0 aliphatic carbocycles. The fraction of sp³-hybridized carbons (Fsp3) is 0.500. The predicted molar refractivity (Wildman–Crippen MR) is 67.4 cm³/mol. The van der Waals surface area contributed by atoms with E-state index >= 15 is 0 Å². The van der Waals surface area contributed by atoms with E-state index in [1.807, 2.05) is 0 Å². The van der Waals surface area contributed by atoms with Crippen molar-refractivity contribution in [2.24, 2.45) is 0 Å². The summed E-state index contributed by atoms with van der Waals surface area (Å²) < 4.78 is 19.1. The van der Waals surface area contributed by atoms with Crippen molar-refractivity contribution in [3.05, 3.63) is 28.5 Å². The lowest BCUT2D eigenvalue weighted by Gasteiger charge is -2.07. The van der Waals surface area contributed by atoms with Crippen molar-refractivity contribution in [1.29, 1.82) is 0 Å². The van der Waals surface area contributed by atoms with Gasteiger partial charge < -0.3 is 10.1 Å². The van der Waals surface area contributed by atoms with Crippen molar-refractivity contribution >= 4 is 15.9 Å². The van der Waals surface area contributed by atoms with Gasteiger partial charge in [0.05, 0.1) is 0 Å². The highest BCUT2D eigenvalue weighted by Crippen LogP contribution is 2.20. The summed E-state index contributed by atoms with van der Waals surface area (Å²) in [7, 11) is 0. The highest BCUT2D eigenvalue weighted by Gasteiger charge is 1.99. The van der Waals surface area contributed by atoms with Gasteiger partial charge in [0.25, 0.3) is 0 Å². The quantitative estimate of drug-likeness (QED) is 0.777. The molecule has 0 bridgehead atoms. The minimum atomic E-state index is -0.289. The summed E-state index contributed by atoms with van der Waals surface area (Å²) >= 11 is 3.22. The number of nitrogens with one attached hydrogen (secondary N) is 1. The molecule has 90 valence electrons. The molecule has 0 spiro atoms. The molecule has 1 N–H and O–H groups in total. The average Bonchev–Trinajstić information content (AvgIpc) is 2.22. The molecule has 2 nitrogen and oxygen atoms in total. The van der Waals surface area contributed by atoms with E-state index in [0.29, 0.717) is 16.8 Å². The number of halogens is 2. The maximum atomic E-state index is 13.0.